The van der Waals surface area contributed by atoms with Gasteiger partial charge in [0.15, 0.2) is 0 Å². The van der Waals surface area contributed by atoms with Gasteiger partial charge in [-0.2, -0.15) is 0 Å². The lowest BCUT2D eigenvalue weighted by molar-refractivity contribution is 0.600. The Morgan fingerprint density at radius 2 is 1.90 bits per heavy atom. The number of hydrogen-bond acceptors (Lipinski definition) is 4. The van der Waals surface area contributed by atoms with Gasteiger partial charge >= 0.3 is 0 Å². The Balaban J connectivity index is 2.02. The van der Waals surface area contributed by atoms with Crippen LogP contribution in [0.1, 0.15) is 5.56 Å². The molecule has 5 nitrogen and oxygen atoms in total. The average Bonchev–Trinajstić information content (AvgIpc) is 2.42. The number of aryl methyl sites for hydroxylation is 1. The molecule has 1 heterocycles. The highest BCUT2D eigenvalue weighted by Crippen LogP contribution is 2.23. The lowest BCUT2D eigenvalue weighted by Crippen LogP contribution is -2.18. The minimum absolute atomic E-state index is 0.0149. The number of sulfonamides is 1. The van der Waals surface area contributed by atoms with Gasteiger partial charge in [-0.25, -0.2) is 8.42 Å². The number of benzene rings is 1. The molecule has 1 aromatic heterocycles. The van der Waals surface area contributed by atoms with Gasteiger partial charge < -0.3 is 5.73 Å². The number of rotatable bonds is 5. The molecule has 0 amide bonds. The first kappa shape index (κ1) is 14.6. The van der Waals surface area contributed by atoms with Crippen LogP contribution in [0.5, 0.6) is 0 Å². The first-order valence-electron chi connectivity index (χ1n) is 5.91. The van der Waals surface area contributed by atoms with Gasteiger partial charge in [-0.1, -0.05) is 11.6 Å². The zero-order chi connectivity index (χ0) is 14.6. The average molecular weight is 312 g/mol. The van der Waals surface area contributed by atoms with E-state index in [9.17, 15) is 8.42 Å². The van der Waals surface area contributed by atoms with E-state index in [0.717, 1.165) is 5.56 Å². The van der Waals surface area contributed by atoms with Crippen molar-refractivity contribution in [3.63, 3.8) is 0 Å². The van der Waals surface area contributed by atoms with Crippen LogP contribution < -0.4 is 10.5 Å². The molecule has 0 saturated heterocycles. The highest BCUT2D eigenvalue weighted by molar-refractivity contribution is 7.92. The number of nitrogens with zero attached hydrogens (tertiary/aromatic N) is 1. The van der Waals surface area contributed by atoms with E-state index in [2.05, 4.69) is 9.71 Å². The van der Waals surface area contributed by atoms with Crippen molar-refractivity contribution in [2.45, 2.75) is 6.42 Å². The molecule has 3 N–H and O–H groups in total. The molecule has 2 aromatic rings. The van der Waals surface area contributed by atoms with Gasteiger partial charge in [-0.15, -0.1) is 0 Å². The highest BCUT2D eigenvalue weighted by Gasteiger charge is 2.11. The lowest BCUT2D eigenvalue weighted by atomic mass is 10.2. The molecule has 0 radical (unpaired) electrons. The molecule has 1 aromatic carbocycles. The molecule has 0 saturated carbocycles. The molecule has 2 rings (SSSR count). The summed E-state index contributed by atoms with van der Waals surface area (Å²) in [6, 6.07) is 8.19. The molecule has 20 heavy (non-hydrogen) atoms. The molecule has 0 aliphatic heterocycles. The molecule has 0 bridgehead atoms. The third-order valence-corrected chi connectivity index (χ3v) is 4.30. The summed E-state index contributed by atoms with van der Waals surface area (Å²) in [5.41, 5.74) is 7.30. The van der Waals surface area contributed by atoms with Crippen molar-refractivity contribution in [3.8, 4) is 0 Å². The van der Waals surface area contributed by atoms with E-state index in [0.29, 0.717) is 22.8 Å². The summed E-state index contributed by atoms with van der Waals surface area (Å²) >= 11 is 5.85. The summed E-state index contributed by atoms with van der Waals surface area (Å²) in [4.78, 5) is 3.88. The third-order valence-electron chi connectivity index (χ3n) is 2.68. The molecule has 0 spiro atoms. The summed E-state index contributed by atoms with van der Waals surface area (Å²) in [7, 11) is -3.43. The van der Waals surface area contributed by atoms with Crippen molar-refractivity contribution in [2.24, 2.45) is 0 Å². The number of pyridine rings is 1. The Hall–Kier alpha value is -1.79. The number of nitrogen functional groups attached to an aromatic ring is 1. The molecule has 106 valence electrons. The largest absolute Gasteiger partial charge is 0.398 e. The summed E-state index contributed by atoms with van der Waals surface area (Å²) in [5.74, 6) is -0.0149. The van der Waals surface area contributed by atoms with Gasteiger partial charge in [-0.05, 0) is 42.3 Å². The van der Waals surface area contributed by atoms with Crippen molar-refractivity contribution < 1.29 is 8.42 Å². The van der Waals surface area contributed by atoms with Crippen LogP contribution in [0.3, 0.4) is 0 Å². The second-order valence-corrected chi connectivity index (χ2v) is 6.51. The smallest absolute Gasteiger partial charge is 0.233 e. The standard InChI is InChI=1S/C13H14ClN3O2S/c14-12-9-11(1-2-13(12)15)17-20(18,19)8-5-10-3-6-16-7-4-10/h1-4,6-7,9,17H,5,8,15H2. The lowest BCUT2D eigenvalue weighted by Gasteiger charge is -2.09. The number of aromatic nitrogens is 1. The normalized spacial score (nSPS) is 11.2. The fourth-order valence-electron chi connectivity index (χ4n) is 1.62. The van der Waals surface area contributed by atoms with E-state index >= 15 is 0 Å². The van der Waals surface area contributed by atoms with Crippen LogP contribution in [-0.4, -0.2) is 19.2 Å². The Labute approximate surface area is 122 Å². The fraction of sp³-hybridized carbons (Fsp3) is 0.154. The molecule has 0 fully saturated rings. The minimum Gasteiger partial charge on any atom is -0.398 e. The van der Waals surface area contributed by atoms with E-state index in [1.807, 2.05) is 0 Å². The minimum atomic E-state index is -3.43. The van der Waals surface area contributed by atoms with Crippen LogP contribution in [0.4, 0.5) is 11.4 Å². The third kappa shape index (κ3) is 4.11. The zero-order valence-corrected chi connectivity index (χ0v) is 12.2. The summed E-state index contributed by atoms with van der Waals surface area (Å²) in [6.45, 7) is 0. The Morgan fingerprint density at radius 1 is 1.20 bits per heavy atom. The first-order valence-corrected chi connectivity index (χ1v) is 7.94. The second kappa shape index (κ2) is 6.11. The van der Waals surface area contributed by atoms with Gasteiger partial charge in [0.05, 0.1) is 22.2 Å². The van der Waals surface area contributed by atoms with Crippen LogP contribution in [0, 0.1) is 0 Å². The second-order valence-electron chi connectivity index (χ2n) is 4.26. The van der Waals surface area contributed by atoms with E-state index in [1.54, 1.807) is 36.7 Å². The van der Waals surface area contributed by atoms with Crippen LogP contribution in [0.2, 0.25) is 5.02 Å². The molecule has 7 heteroatoms. The number of nitrogens with one attached hydrogen (secondary N) is 1. The van der Waals surface area contributed by atoms with Gasteiger partial charge in [0.25, 0.3) is 0 Å². The van der Waals surface area contributed by atoms with E-state index in [4.69, 9.17) is 17.3 Å². The van der Waals surface area contributed by atoms with Crippen molar-refractivity contribution in [3.05, 3.63) is 53.3 Å². The maximum Gasteiger partial charge on any atom is 0.233 e. The number of anilines is 2. The SMILES string of the molecule is Nc1ccc(NS(=O)(=O)CCc2ccncc2)cc1Cl. The van der Waals surface area contributed by atoms with Crippen LogP contribution in [0.15, 0.2) is 42.7 Å². The zero-order valence-electron chi connectivity index (χ0n) is 10.6. The van der Waals surface area contributed by atoms with Crippen molar-refractivity contribution in [2.75, 3.05) is 16.2 Å². The highest BCUT2D eigenvalue weighted by atomic mass is 35.5. The van der Waals surface area contributed by atoms with Crippen LogP contribution >= 0.6 is 11.6 Å². The first-order chi connectivity index (χ1) is 9.46. The fourth-order valence-corrected chi connectivity index (χ4v) is 2.90. The molecule has 0 atom stereocenters. The maximum absolute atomic E-state index is 12.0. The maximum atomic E-state index is 12.0. The Morgan fingerprint density at radius 3 is 2.55 bits per heavy atom. The molecule has 0 aliphatic rings. The summed E-state index contributed by atoms with van der Waals surface area (Å²) < 4.78 is 26.4. The monoisotopic (exact) mass is 311 g/mol. The van der Waals surface area contributed by atoms with Crippen LogP contribution in [-0.2, 0) is 16.4 Å². The van der Waals surface area contributed by atoms with Gasteiger partial charge in [0, 0.05) is 12.4 Å². The van der Waals surface area contributed by atoms with E-state index in [1.165, 1.54) is 6.07 Å². The molecule has 0 aliphatic carbocycles. The molecular formula is C13H14ClN3O2S. The number of halogens is 1. The molecule has 0 unspecified atom stereocenters. The van der Waals surface area contributed by atoms with Gasteiger partial charge in [-0.3, -0.25) is 9.71 Å². The summed E-state index contributed by atoms with van der Waals surface area (Å²) in [5, 5.41) is 0.319. The van der Waals surface area contributed by atoms with Crippen molar-refractivity contribution in [1.82, 2.24) is 4.98 Å². The quantitative estimate of drug-likeness (QED) is 0.830. The van der Waals surface area contributed by atoms with Crippen molar-refractivity contribution >= 4 is 33.0 Å². The predicted octanol–water partition coefficient (Wildman–Crippen LogP) is 2.30. The summed E-state index contributed by atoms with van der Waals surface area (Å²) in [6.07, 6.45) is 3.69. The van der Waals surface area contributed by atoms with Crippen LogP contribution in [0.25, 0.3) is 0 Å². The van der Waals surface area contributed by atoms with E-state index < -0.39 is 10.0 Å². The van der Waals surface area contributed by atoms with E-state index in [-0.39, 0.29) is 5.75 Å². The number of hydrogen-bond donors (Lipinski definition) is 2. The Bertz CT molecular complexity index is 690. The van der Waals surface area contributed by atoms with Gasteiger partial charge in [0.2, 0.25) is 10.0 Å². The Kier molecular flexibility index (Phi) is 4.46. The number of nitrogens with two attached hydrogens (primary N) is 1. The molecular weight excluding hydrogens is 298 g/mol. The van der Waals surface area contributed by atoms with Gasteiger partial charge in [0.1, 0.15) is 0 Å². The predicted molar refractivity (Wildman–Crippen MR) is 81.2 cm³/mol. The topological polar surface area (TPSA) is 85.1 Å². The van der Waals surface area contributed by atoms with Crippen molar-refractivity contribution in [1.29, 1.82) is 0 Å².